The number of hydrogen-bond donors (Lipinski definition) is 3. The summed E-state index contributed by atoms with van der Waals surface area (Å²) in [6.45, 7) is 4.15. The van der Waals surface area contributed by atoms with E-state index >= 15 is 0 Å². The number of anilines is 1. The van der Waals surface area contributed by atoms with E-state index < -0.39 is 0 Å². The van der Waals surface area contributed by atoms with Crippen molar-refractivity contribution >= 4 is 39.6 Å². The molecule has 7 rings (SSSR count). The predicted molar refractivity (Wildman–Crippen MR) is 163 cm³/mol. The number of rotatable bonds is 6. The van der Waals surface area contributed by atoms with Crippen molar-refractivity contribution in [2.24, 2.45) is 0 Å². The van der Waals surface area contributed by atoms with Gasteiger partial charge >= 0.3 is 0 Å². The number of carbonyl (C=O) groups excluding carboxylic acids is 2. The zero-order chi connectivity index (χ0) is 29.3. The molecule has 0 bridgehead atoms. The van der Waals surface area contributed by atoms with Crippen LogP contribution in [0.4, 0.5) is 5.69 Å². The molecule has 11 nitrogen and oxygen atoms in total. The number of carbonyl (C=O) groups is 2. The summed E-state index contributed by atoms with van der Waals surface area (Å²) in [5, 5.41) is 11.1. The van der Waals surface area contributed by atoms with Crippen LogP contribution in [0.1, 0.15) is 23.7 Å². The van der Waals surface area contributed by atoms with E-state index in [0.29, 0.717) is 61.1 Å². The third kappa shape index (κ3) is 5.10. The Morgan fingerprint density at radius 3 is 2.60 bits per heavy atom. The van der Waals surface area contributed by atoms with Crippen LogP contribution in [0.15, 0.2) is 73.2 Å². The van der Waals surface area contributed by atoms with Crippen LogP contribution in [0, 0.1) is 0 Å². The standard InChI is InChI=1S/C32H28N8O3/c1-2-27(41)35-23-14-21(16-33-18-23)22-15-25-29(38-39-30(25)34-17-22)31-36-26-5-3-4-24(28(26)37-31)19-6-8-20(9-7-19)32(42)40-10-12-43-13-11-40/h3-9,14-18H,2,10-13H2,1H3,(H,35,41)(H,36,37)(H,34,38,39). The highest BCUT2D eigenvalue weighted by molar-refractivity contribution is 5.99. The Morgan fingerprint density at radius 2 is 1.79 bits per heavy atom. The zero-order valence-corrected chi connectivity index (χ0v) is 23.4. The van der Waals surface area contributed by atoms with Gasteiger partial charge in [0.05, 0.1) is 41.5 Å². The van der Waals surface area contributed by atoms with E-state index in [9.17, 15) is 9.59 Å². The molecule has 4 aromatic heterocycles. The first-order chi connectivity index (χ1) is 21.1. The average Bonchev–Trinajstić information content (AvgIpc) is 3.69. The SMILES string of the molecule is CCC(=O)Nc1cncc(-c2cnc3n[nH]c(-c4nc5c(-c6ccc(C(=O)N7CCOCC7)cc6)cccc5[nH]4)c3c2)c1. The Labute approximate surface area is 246 Å². The first-order valence-electron chi connectivity index (χ1n) is 14.1. The van der Waals surface area contributed by atoms with E-state index in [4.69, 9.17) is 9.72 Å². The molecular formula is C32H28N8O3. The van der Waals surface area contributed by atoms with Gasteiger partial charge in [-0.1, -0.05) is 31.2 Å². The second-order valence-corrected chi connectivity index (χ2v) is 10.3. The van der Waals surface area contributed by atoms with Gasteiger partial charge in [-0.25, -0.2) is 9.97 Å². The Bertz CT molecular complexity index is 1970. The Balaban J connectivity index is 1.21. The highest BCUT2D eigenvalue weighted by Crippen LogP contribution is 2.33. The van der Waals surface area contributed by atoms with E-state index in [-0.39, 0.29) is 11.8 Å². The van der Waals surface area contributed by atoms with Crippen molar-refractivity contribution in [1.29, 1.82) is 0 Å². The Kier molecular flexibility index (Phi) is 6.84. The summed E-state index contributed by atoms with van der Waals surface area (Å²) in [5.41, 5.74) is 7.78. The predicted octanol–water partition coefficient (Wildman–Crippen LogP) is 5.05. The van der Waals surface area contributed by atoms with Crippen LogP contribution >= 0.6 is 0 Å². The van der Waals surface area contributed by atoms with Crippen LogP contribution < -0.4 is 5.32 Å². The summed E-state index contributed by atoms with van der Waals surface area (Å²) in [6.07, 6.45) is 5.47. The maximum absolute atomic E-state index is 12.9. The van der Waals surface area contributed by atoms with Crippen molar-refractivity contribution < 1.29 is 14.3 Å². The van der Waals surface area contributed by atoms with Gasteiger partial charge in [0, 0.05) is 54.2 Å². The Morgan fingerprint density at radius 1 is 0.977 bits per heavy atom. The molecule has 1 fully saturated rings. The molecule has 3 N–H and O–H groups in total. The quantitative estimate of drug-likeness (QED) is 0.254. The summed E-state index contributed by atoms with van der Waals surface area (Å²) in [5.74, 6) is 0.568. The minimum atomic E-state index is -0.0775. The van der Waals surface area contributed by atoms with Crippen LogP contribution in [0.25, 0.3) is 55.8 Å². The lowest BCUT2D eigenvalue weighted by molar-refractivity contribution is -0.115. The smallest absolute Gasteiger partial charge is 0.254 e. The van der Waals surface area contributed by atoms with Crippen molar-refractivity contribution in [2.45, 2.75) is 13.3 Å². The normalized spacial score (nSPS) is 13.5. The van der Waals surface area contributed by atoms with Crippen LogP contribution in [0.2, 0.25) is 0 Å². The van der Waals surface area contributed by atoms with Gasteiger partial charge in [-0.3, -0.25) is 19.7 Å². The number of aromatic nitrogens is 6. The molecule has 2 aromatic carbocycles. The van der Waals surface area contributed by atoms with E-state index in [1.165, 1.54) is 0 Å². The third-order valence-corrected chi connectivity index (χ3v) is 7.58. The lowest BCUT2D eigenvalue weighted by Crippen LogP contribution is -2.40. The van der Waals surface area contributed by atoms with Gasteiger partial charge in [-0.15, -0.1) is 0 Å². The monoisotopic (exact) mass is 572 g/mol. The van der Waals surface area contributed by atoms with Gasteiger partial charge in [0.2, 0.25) is 5.91 Å². The van der Waals surface area contributed by atoms with Crippen LogP contribution in [-0.4, -0.2) is 73.2 Å². The number of morpholine rings is 1. The number of aromatic amines is 2. The summed E-state index contributed by atoms with van der Waals surface area (Å²) in [4.78, 5) is 43.8. The number of H-pyrrole nitrogens is 2. The van der Waals surface area contributed by atoms with E-state index in [1.807, 2.05) is 59.5 Å². The number of benzene rings is 2. The molecule has 0 atom stereocenters. The number of nitrogens with zero attached hydrogens (tertiary/aromatic N) is 5. The number of hydrogen-bond acceptors (Lipinski definition) is 7. The molecule has 1 saturated heterocycles. The molecule has 1 aliphatic heterocycles. The van der Waals surface area contributed by atoms with Gasteiger partial charge in [-0.05, 0) is 35.9 Å². The number of nitrogens with one attached hydrogen (secondary N) is 3. The molecule has 5 heterocycles. The second kappa shape index (κ2) is 11.1. The molecule has 1 aliphatic rings. The van der Waals surface area contributed by atoms with Gasteiger partial charge in [-0.2, -0.15) is 5.10 Å². The van der Waals surface area contributed by atoms with Crippen molar-refractivity contribution in [3.05, 3.63) is 78.8 Å². The molecule has 2 amide bonds. The Hall–Kier alpha value is -5.42. The molecule has 0 unspecified atom stereocenters. The zero-order valence-electron chi connectivity index (χ0n) is 23.4. The van der Waals surface area contributed by atoms with Gasteiger partial charge < -0.3 is 19.9 Å². The van der Waals surface area contributed by atoms with E-state index in [0.717, 1.165) is 38.7 Å². The van der Waals surface area contributed by atoms with Crippen molar-refractivity contribution in [1.82, 2.24) is 35.0 Å². The van der Waals surface area contributed by atoms with Crippen LogP contribution in [0.5, 0.6) is 0 Å². The largest absolute Gasteiger partial charge is 0.378 e. The van der Waals surface area contributed by atoms with Crippen molar-refractivity contribution in [3.8, 4) is 33.8 Å². The van der Waals surface area contributed by atoms with Crippen molar-refractivity contribution in [3.63, 3.8) is 0 Å². The third-order valence-electron chi connectivity index (χ3n) is 7.58. The maximum atomic E-state index is 12.9. The molecule has 0 aliphatic carbocycles. The molecule has 6 aromatic rings. The average molecular weight is 573 g/mol. The summed E-state index contributed by atoms with van der Waals surface area (Å²) >= 11 is 0. The molecule has 214 valence electrons. The molecule has 43 heavy (non-hydrogen) atoms. The van der Waals surface area contributed by atoms with Crippen molar-refractivity contribution in [2.75, 3.05) is 31.6 Å². The summed E-state index contributed by atoms with van der Waals surface area (Å²) < 4.78 is 5.37. The summed E-state index contributed by atoms with van der Waals surface area (Å²) in [6, 6.07) is 17.5. The lowest BCUT2D eigenvalue weighted by Gasteiger charge is -2.26. The fraction of sp³-hybridized carbons (Fsp3) is 0.188. The number of para-hydroxylation sites is 1. The maximum Gasteiger partial charge on any atom is 0.254 e. The number of amides is 2. The van der Waals surface area contributed by atoms with E-state index in [1.54, 1.807) is 25.5 Å². The minimum absolute atomic E-state index is 0.0161. The molecule has 0 saturated carbocycles. The molecule has 0 spiro atoms. The fourth-order valence-corrected chi connectivity index (χ4v) is 5.28. The van der Waals surface area contributed by atoms with Gasteiger partial charge in [0.15, 0.2) is 11.5 Å². The summed E-state index contributed by atoms with van der Waals surface area (Å²) in [7, 11) is 0. The fourth-order valence-electron chi connectivity index (χ4n) is 5.28. The van der Waals surface area contributed by atoms with Crippen LogP contribution in [0.3, 0.4) is 0 Å². The lowest BCUT2D eigenvalue weighted by atomic mass is 10.0. The minimum Gasteiger partial charge on any atom is -0.378 e. The highest BCUT2D eigenvalue weighted by Gasteiger charge is 2.20. The van der Waals surface area contributed by atoms with E-state index in [2.05, 4.69) is 30.5 Å². The topological polar surface area (TPSA) is 142 Å². The first kappa shape index (κ1) is 26.5. The number of fused-ring (bicyclic) bond motifs is 2. The van der Waals surface area contributed by atoms with Gasteiger partial charge in [0.25, 0.3) is 5.91 Å². The highest BCUT2D eigenvalue weighted by atomic mass is 16.5. The van der Waals surface area contributed by atoms with Gasteiger partial charge in [0.1, 0.15) is 5.69 Å². The first-order valence-corrected chi connectivity index (χ1v) is 14.1. The van der Waals surface area contributed by atoms with Crippen LogP contribution in [-0.2, 0) is 9.53 Å². The molecule has 11 heteroatoms. The second-order valence-electron chi connectivity index (χ2n) is 10.3. The molecule has 0 radical (unpaired) electrons. The molecular weight excluding hydrogens is 544 g/mol. The number of pyridine rings is 2. The number of ether oxygens (including phenoxy) is 1. The number of imidazole rings is 1.